The Balaban J connectivity index is 1.53. The van der Waals surface area contributed by atoms with Crippen LogP contribution in [0, 0.1) is 40.4 Å². The van der Waals surface area contributed by atoms with Crippen molar-refractivity contribution < 1.29 is 14.6 Å². The number of carbonyl (C=O) groups excluding carboxylic acids is 1. The fourth-order valence-electron chi connectivity index (χ4n) is 8.79. The van der Waals surface area contributed by atoms with E-state index in [2.05, 4.69) is 41.5 Å². The number of hydrogen-bond donors (Lipinski definition) is 1. The van der Waals surface area contributed by atoms with Crippen LogP contribution in [0.2, 0.25) is 0 Å². The van der Waals surface area contributed by atoms with E-state index in [1.165, 1.54) is 45.4 Å². The van der Waals surface area contributed by atoms with Crippen molar-refractivity contribution in [1.82, 2.24) is 0 Å². The van der Waals surface area contributed by atoms with Gasteiger partial charge in [0.1, 0.15) is 6.10 Å². The largest absolute Gasteiger partial charge is 0.462 e. The van der Waals surface area contributed by atoms with E-state index >= 15 is 0 Å². The van der Waals surface area contributed by atoms with Crippen molar-refractivity contribution >= 4 is 5.97 Å². The van der Waals surface area contributed by atoms with Crippen LogP contribution in [0.3, 0.4) is 0 Å². The van der Waals surface area contributed by atoms with Crippen molar-refractivity contribution in [2.24, 2.45) is 40.4 Å². The molecule has 0 radical (unpaired) electrons. The highest BCUT2D eigenvalue weighted by Crippen LogP contribution is 2.67. The van der Waals surface area contributed by atoms with Crippen molar-refractivity contribution in [2.75, 3.05) is 0 Å². The van der Waals surface area contributed by atoms with Gasteiger partial charge in [-0.15, -0.1) is 0 Å². The van der Waals surface area contributed by atoms with Crippen molar-refractivity contribution in [3.8, 4) is 0 Å². The number of hydrogen-bond acceptors (Lipinski definition) is 3. The Bertz CT molecular complexity index is 783. The zero-order valence-electron chi connectivity index (χ0n) is 22.5. The Morgan fingerprint density at radius 2 is 1.76 bits per heavy atom. The van der Waals surface area contributed by atoms with E-state index in [1.54, 1.807) is 11.1 Å². The average Bonchev–Trinajstić information content (AvgIpc) is 3.09. The summed E-state index contributed by atoms with van der Waals surface area (Å²) in [5, 5.41) is 11.9. The molecule has 0 bridgehead atoms. The third-order valence-electron chi connectivity index (χ3n) is 11.4. The van der Waals surface area contributed by atoms with Crippen molar-refractivity contribution in [3.05, 3.63) is 11.1 Å². The van der Waals surface area contributed by atoms with Crippen LogP contribution >= 0.6 is 0 Å². The van der Waals surface area contributed by atoms with Gasteiger partial charge in [0.15, 0.2) is 0 Å². The van der Waals surface area contributed by atoms with Gasteiger partial charge in [0.05, 0.1) is 5.60 Å². The van der Waals surface area contributed by atoms with Crippen LogP contribution < -0.4 is 0 Å². The molecule has 0 saturated heterocycles. The first-order valence-corrected chi connectivity index (χ1v) is 14.0. The minimum Gasteiger partial charge on any atom is -0.462 e. The molecule has 4 aliphatic carbocycles. The Hall–Kier alpha value is -0.830. The Morgan fingerprint density at radius 1 is 1.03 bits per heavy atom. The second-order valence-electron chi connectivity index (χ2n) is 13.4. The highest BCUT2D eigenvalue weighted by Gasteiger charge is 2.61. The van der Waals surface area contributed by atoms with Gasteiger partial charge in [-0.05, 0) is 86.4 Å². The average molecular weight is 459 g/mol. The lowest BCUT2D eigenvalue weighted by atomic mass is 9.47. The molecule has 8 atom stereocenters. The van der Waals surface area contributed by atoms with Gasteiger partial charge in [0.2, 0.25) is 0 Å². The quantitative estimate of drug-likeness (QED) is 0.332. The topological polar surface area (TPSA) is 46.5 Å². The predicted octanol–water partition coefficient (Wildman–Crippen LogP) is 7.46. The molecule has 4 aliphatic rings. The zero-order valence-corrected chi connectivity index (χ0v) is 22.5. The molecular weight excluding hydrogens is 408 g/mol. The summed E-state index contributed by atoms with van der Waals surface area (Å²) in [7, 11) is 0. The number of fused-ring (bicyclic) bond motifs is 4. The fraction of sp³-hybridized carbons (Fsp3) is 0.900. The summed E-state index contributed by atoms with van der Waals surface area (Å²) in [6.45, 7) is 16.1. The molecule has 3 fully saturated rings. The molecule has 3 saturated carbocycles. The van der Waals surface area contributed by atoms with Crippen molar-refractivity contribution in [2.45, 2.75) is 131 Å². The van der Waals surface area contributed by atoms with Gasteiger partial charge in [-0.25, -0.2) is 0 Å². The molecule has 0 aliphatic heterocycles. The van der Waals surface area contributed by atoms with Crippen LogP contribution in [0.25, 0.3) is 0 Å². The lowest BCUT2D eigenvalue weighted by molar-refractivity contribution is -0.188. The molecule has 0 aromatic rings. The fourth-order valence-corrected chi connectivity index (χ4v) is 8.79. The monoisotopic (exact) mass is 458 g/mol. The van der Waals surface area contributed by atoms with E-state index in [1.807, 2.05) is 0 Å². The second kappa shape index (κ2) is 8.99. The highest BCUT2D eigenvalue weighted by molar-refractivity contribution is 5.66. The Kier molecular flexibility index (Phi) is 6.89. The molecule has 0 aromatic heterocycles. The lowest BCUT2D eigenvalue weighted by Crippen LogP contribution is -2.60. The van der Waals surface area contributed by atoms with E-state index in [0.717, 1.165) is 49.4 Å². The van der Waals surface area contributed by atoms with E-state index in [9.17, 15) is 9.90 Å². The molecule has 4 rings (SSSR count). The third-order valence-corrected chi connectivity index (χ3v) is 11.4. The van der Waals surface area contributed by atoms with Crippen LogP contribution in [0.15, 0.2) is 11.1 Å². The molecule has 0 aromatic carbocycles. The van der Waals surface area contributed by atoms with Crippen molar-refractivity contribution in [1.29, 1.82) is 0 Å². The van der Waals surface area contributed by atoms with Gasteiger partial charge >= 0.3 is 5.97 Å². The summed E-state index contributed by atoms with van der Waals surface area (Å²) < 4.78 is 5.56. The van der Waals surface area contributed by atoms with Gasteiger partial charge < -0.3 is 9.84 Å². The number of carbonyl (C=O) groups is 1. The summed E-state index contributed by atoms with van der Waals surface area (Å²) in [6.07, 6.45) is 12.1. The van der Waals surface area contributed by atoms with Crippen LogP contribution in [0.4, 0.5) is 0 Å². The molecule has 188 valence electrons. The molecule has 1 N–H and O–H groups in total. The Labute approximate surface area is 203 Å². The summed E-state index contributed by atoms with van der Waals surface area (Å²) in [5.74, 6) is 3.49. The maximum atomic E-state index is 11.9. The zero-order chi connectivity index (χ0) is 24.2. The molecule has 3 nitrogen and oxygen atoms in total. The molecule has 0 unspecified atom stereocenters. The van der Waals surface area contributed by atoms with E-state index in [4.69, 9.17) is 4.74 Å². The van der Waals surface area contributed by atoms with Gasteiger partial charge in [-0.2, -0.15) is 0 Å². The number of aliphatic hydroxyl groups is 1. The van der Waals surface area contributed by atoms with Gasteiger partial charge in [0.25, 0.3) is 0 Å². The van der Waals surface area contributed by atoms with Crippen LogP contribution in [-0.4, -0.2) is 22.8 Å². The minimum absolute atomic E-state index is 0.0814. The van der Waals surface area contributed by atoms with Crippen LogP contribution in [-0.2, 0) is 9.53 Å². The molecule has 3 heteroatoms. The lowest BCUT2D eigenvalue weighted by Gasteiger charge is -2.60. The number of ether oxygens (including phenoxy) is 1. The summed E-state index contributed by atoms with van der Waals surface area (Å²) in [4.78, 5) is 11.5. The maximum Gasteiger partial charge on any atom is 0.302 e. The van der Waals surface area contributed by atoms with Crippen LogP contribution in [0.5, 0.6) is 0 Å². The first kappa shape index (κ1) is 25.3. The number of allylic oxidation sites excluding steroid dienone is 2. The first-order chi connectivity index (χ1) is 15.4. The summed E-state index contributed by atoms with van der Waals surface area (Å²) in [6, 6.07) is 0. The third kappa shape index (κ3) is 4.23. The van der Waals surface area contributed by atoms with E-state index in [0.29, 0.717) is 17.8 Å². The smallest absolute Gasteiger partial charge is 0.302 e. The van der Waals surface area contributed by atoms with Gasteiger partial charge in [0, 0.05) is 18.8 Å². The Morgan fingerprint density at radius 3 is 2.42 bits per heavy atom. The summed E-state index contributed by atoms with van der Waals surface area (Å²) >= 11 is 0. The highest BCUT2D eigenvalue weighted by atomic mass is 16.5. The molecular formula is C30H50O3. The first-order valence-electron chi connectivity index (χ1n) is 14.0. The molecule has 0 amide bonds. The van der Waals surface area contributed by atoms with Gasteiger partial charge in [-0.1, -0.05) is 65.5 Å². The summed E-state index contributed by atoms with van der Waals surface area (Å²) in [5.41, 5.74) is 3.10. The second-order valence-corrected chi connectivity index (χ2v) is 13.4. The normalized spacial score (nSPS) is 42.4. The van der Waals surface area contributed by atoms with E-state index in [-0.39, 0.29) is 17.5 Å². The maximum absolute atomic E-state index is 11.9. The SMILES string of the molecule is CC(=O)O[C@@H]1CC[C@]2(C)[C@@H]3CC[C@@]4(C)C(=C3CC[C@@]2(O)C1)CC[C@@H]4[C@H](C)CC[C@H](C)C(C)C. The molecule has 0 spiro atoms. The van der Waals surface area contributed by atoms with Gasteiger partial charge in [-0.3, -0.25) is 4.79 Å². The standard InChI is InChI=1S/C30H50O3/c1-19(2)20(3)8-9-21(4)25-10-11-26-24-13-17-30(32)18-23(33-22(5)31)12-16-29(30,7)27(24)14-15-28(25,26)6/h19-21,23,25,27,32H,8-18H2,1-7H3/t20-,21+,23+,25+,27+,28+,29+,30+/m0/s1. The number of rotatable bonds is 6. The van der Waals surface area contributed by atoms with E-state index < -0.39 is 5.60 Å². The van der Waals surface area contributed by atoms with Crippen LogP contribution in [0.1, 0.15) is 119 Å². The molecule has 33 heavy (non-hydrogen) atoms. The minimum atomic E-state index is -0.702. The van der Waals surface area contributed by atoms with Crippen molar-refractivity contribution in [3.63, 3.8) is 0 Å². The molecule has 0 heterocycles. The predicted molar refractivity (Wildman–Crippen MR) is 135 cm³/mol. The number of esters is 1.